The van der Waals surface area contributed by atoms with Gasteiger partial charge in [0.2, 0.25) is 0 Å². The molecule has 92 valence electrons. The van der Waals surface area contributed by atoms with E-state index in [0.717, 1.165) is 13.0 Å². The van der Waals surface area contributed by atoms with Crippen molar-refractivity contribution >= 4 is 0 Å². The molecule has 2 heteroatoms. The number of rotatable bonds is 7. The lowest BCUT2D eigenvalue weighted by Crippen LogP contribution is -2.42. The van der Waals surface area contributed by atoms with Crippen LogP contribution in [-0.2, 0) is 4.74 Å². The number of hydrogen-bond acceptors (Lipinski definition) is 2. The van der Waals surface area contributed by atoms with Gasteiger partial charge in [-0.2, -0.15) is 0 Å². The van der Waals surface area contributed by atoms with Crippen LogP contribution in [0.15, 0.2) is 0 Å². The fraction of sp³-hybridized carbons (Fsp3) is 1.00. The van der Waals surface area contributed by atoms with Crippen molar-refractivity contribution in [2.75, 3.05) is 13.7 Å². The van der Waals surface area contributed by atoms with Crippen LogP contribution in [0.4, 0.5) is 0 Å². The molecule has 2 nitrogen and oxygen atoms in total. The molecule has 0 fully saturated rings. The summed E-state index contributed by atoms with van der Waals surface area (Å²) in [6.45, 7) is 14.4. The Morgan fingerprint density at radius 1 is 1.20 bits per heavy atom. The summed E-state index contributed by atoms with van der Waals surface area (Å²) in [5.41, 5.74) is -0.0119. The maximum Gasteiger partial charge on any atom is 0.0625 e. The summed E-state index contributed by atoms with van der Waals surface area (Å²) < 4.78 is 5.49. The maximum atomic E-state index is 5.49. The van der Waals surface area contributed by atoms with Gasteiger partial charge in [0.05, 0.1) is 5.60 Å². The SMILES string of the molecule is CCNC(C(C)C)C(C)CC(C)(C)OC. The van der Waals surface area contributed by atoms with Gasteiger partial charge in [0.15, 0.2) is 0 Å². The molecule has 0 bridgehead atoms. The highest BCUT2D eigenvalue weighted by Crippen LogP contribution is 2.24. The fourth-order valence-corrected chi connectivity index (χ4v) is 2.32. The minimum Gasteiger partial charge on any atom is -0.379 e. The van der Waals surface area contributed by atoms with Gasteiger partial charge in [-0.05, 0) is 38.6 Å². The first-order valence-electron chi connectivity index (χ1n) is 6.12. The summed E-state index contributed by atoms with van der Waals surface area (Å²) in [5.74, 6) is 1.31. The third kappa shape index (κ3) is 5.53. The smallest absolute Gasteiger partial charge is 0.0625 e. The second-order valence-corrected chi connectivity index (χ2v) is 5.47. The van der Waals surface area contributed by atoms with Gasteiger partial charge in [0.25, 0.3) is 0 Å². The van der Waals surface area contributed by atoms with E-state index in [-0.39, 0.29) is 5.60 Å². The number of hydrogen-bond donors (Lipinski definition) is 1. The van der Waals surface area contributed by atoms with Crippen LogP contribution in [0.5, 0.6) is 0 Å². The van der Waals surface area contributed by atoms with Crippen LogP contribution in [0, 0.1) is 11.8 Å². The molecule has 0 saturated carbocycles. The first-order valence-corrected chi connectivity index (χ1v) is 6.12. The normalized spacial score (nSPS) is 16.8. The Morgan fingerprint density at radius 2 is 1.73 bits per heavy atom. The van der Waals surface area contributed by atoms with Gasteiger partial charge in [-0.3, -0.25) is 0 Å². The molecule has 0 amide bonds. The number of nitrogens with one attached hydrogen (secondary N) is 1. The Balaban J connectivity index is 4.31. The fourth-order valence-electron chi connectivity index (χ4n) is 2.32. The van der Waals surface area contributed by atoms with Crippen molar-refractivity contribution in [2.24, 2.45) is 11.8 Å². The Morgan fingerprint density at radius 3 is 2.07 bits per heavy atom. The molecule has 0 aromatic rings. The van der Waals surface area contributed by atoms with Crippen LogP contribution in [0.3, 0.4) is 0 Å². The molecule has 0 aromatic carbocycles. The summed E-state index contributed by atoms with van der Waals surface area (Å²) in [6, 6.07) is 0.587. The molecule has 2 unspecified atom stereocenters. The van der Waals surface area contributed by atoms with Crippen molar-refractivity contribution in [2.45, 2.75) is 59.6 Å². The molecule has 2 atom stereocenters. The van der Waals surface area contributed by atoms with Gasteiger partial charge in [0.1, 0.15) is 0 Å². The summed E-state index contributed by atoms with van der Waals surface area (Å²) in [7, 11) is 1.80. The third-order valence-electron chi connectivity index (χ3n) is 3.14. The minimum absolute atomic E-state index is 0.0119. The lowest BCUT2D eigenvalue weighted by atomic mass is 9.84. The highest BCUT2D eigenvalue weighted by Gasteiger charge is 2.26. The first kappa shape index (κ1) is 14.9. The predicted octanol–water partition coefficient (Wildman–Crippen LogP) is 3.07. The average molecular weight is 215 g/mol. The molecule has 0 aliphatic heterocycles. The van der Waals surface area contributed by atoms with Gasteiger partial charge in [-0.1, -0.05) is 27.7 Å². The molecule has 0 rings (SSSR count). The van der Waals surface area contributed by atoms with E-state index in [0.29, 0.717) is 17.9 Å². The van der Waals surface area contributed by atoms with Gasteiger partial charge in [0, 0.05) is 13.2 Å². The second kappa shape index (κ2) is 6.49. The van der Waals surface area contributed by atoms with E-state index in [9.17, 15) is 0 Å². The highest BCUT2D eigenvalue weighted by molar-refractivity contribution is 4.81. The molecule has 1 N–H and O–H groups in total. The van der Waals surface area contributed by atoms with Gasteiger partial charge < -0.3 is 10.1 Å². The second-order valence-electron chi connectivity index (χ2n) is 5.47. The monoisotopic (exact) mass is 215 g/mol. The van der Waals surface area contributed by atoms with Crippen molar-refractivity contribution in [3.63, 3.8) is 0 Å². The Bertz CT molecular complexity index is 166. The molecule has 15 heavy (non-hydrogen) atoms. The van der Waals surface area contributed by atoms with Crippen LogP contribution in [-0.4, -0.2) is 25.3 Å². The highest BCUT2D eigenvalue weighted by atomic mass is 16.5. The van der Waals surface area contributed by atoms with Gasteiger partial charge >= 0.3 is 0 Å². The van der Waals surface area contributed by atoms with Crippen LogP contribution >= 0.6 is 0 Å². The van der Waals surface area contributed by atoms with E-state index in [2.05, 4.69) is 46.9 Å². The molecular weight excluding hydrogens is 186 g/mol. The molecule has 0 aromatic heterocycles. The molecule has 0 aliphatic carbocycles. The zero-order valence-corrected chi connectivity index (χ0v) is 11.6. The largest absolute Gasteiger partial charge is 0.379 e. The van der Waals surface area contributed by atoms with E-state index in [1.807, 2.05) is 0 Å². The van der Waals surface area contributed by atoms with Gasteiger partial charge in [-0.15, -0.1) is 0 Å². The van der Waals surface area contributed by atoms with E-state index in [1.54, 1.807) is 7.11 Å². The van der Waals surface area contributed by atoms with Crippen molar-refractivity contribution < 1.29 is 4.74 Å². The molecule has 0 radical (unpaired) electrons. The summed E-state index contributed by atoms with van der Waals surface area (Å²) >= 11 is 0. The molecule has 0 spiro atoms. The summed E-state index contributed by atoms with van der Waals surface area (Å²) in [4.78, 5) is 0. The van der Waals surface area contributed by atoms with Crippen molar-refractivity contribution in [3.8, 4) is 0 Å². The first-order chi connectivity index (χ1) is 6.84. The van der Waals surface area contributed by atoms with Crippen LogP contribution < -0.4 is 5.32 Å². The molecule has 0 aliphatic rings. The molecule has 0 heterocycles. The standard InChI is InChI=1S/C13H29NO/c1-8-14-12(10(2)3)11(4)9-13(5,6)15-7/h10-12,14H,8-9H2,1-7H3. The average Bonchev–Trinajstić information content (AvgIpc) is 2.12. The Hall–Kier alpha value is -0.0800. The Kier molecular flexibility index (Phi) is 6.46. The lowest BCUT2D eigenvalue weighted by molar-refractivity contribution is -0.00236. The summed E-state index contributed by atoms with van der Waals surface area (Å²) in [6.07, 6.45) is 1.10. The van der Waals surface area contributed by atoms with Crippen molar-refractivity contribution in [1.29, 1.82) is 0 Å². The van der Waals surface area contributed by atoms with E-state index in [1.165, 1.54) is 0 Å². The topological polar surface area (TPSA) is 21.3 Å². The number of ether oxygens (including phenoxy) is 1. The third-order valence-corrected chi connectivity index (χ3v) is 3.14. The zero-order valence-electron chi connectivity index (χ0n) is 11.6. The lowest BCUT2D eigenvalue weighted by Gasteiger charge is -2.34. The quantitative estimate of drug-likeness (QED) is 0.704. The maximum absolute atomic E-state index is 5.49. The molecular formula is C13H29NO. The molecule has 0 saturated heterocycles. The minimum atomic E-state index is -0.0119. The van der Waals surface area contributed by atoms with Crippen molar-refractivity contribution in [3.05, 3.63) is 0 Å². The van der Waals surface area contributed by atoms with E-state index >= 15 is 0 Å². The predicted molar refractivity (Wildman–Crippen MR) is 67.2 cm³/mol. The van der Waals surface area contributed by atoms with Gasteiger partial charge in [-0.25, -0.2) is 0 Å². The van der Waals surface area contributed by atoms with Crippen molar-refractivity contribution in [1.82, 2.24) is 5.32 Å². The van der Waals surface area contributed by atoms with Crippen LogP contribution in [0.25, 0.3) is 0 Å². The van der Waals surface area contributed by atoms with E-state index < -0.39 is 0 Å². The zero-order chi connectivity index (χ0) is 12.1. The van der Waals surface area contributed by atoms with E-state index in [4.69, 9.17) is 4.74 Å². The van der Waals surface area contributed by atoms with Crippen LogP contribution in [0.1, 0.15) is 48.0 Å². The van der Waals surface area contributed by atoms with Crippen LogP contribution in [0.2, 0.25) is 0 Å². The Labute approximate surface area is 95.8 Å². The summed E-state index contributed by atoms with van der Waals surface area (Å²) in [5, 5.41) is 3.57. The number of methoxy groups -OCH3 is 1.